The van der Waals surface area contributed by atoms with Crippen LogP contribution in [0.5, 0.6) is 0 Å². The Morgan fingerprint density at radius 2 is 2.36 bits per heavy atom. The highest BCUT2D eigenvalue weighted by molar-refractivity contribution is 7.87. The fraction of sp³-hybridized carbons (Fsp3) is 0.778. The van der Waals surface area contributed by atoms with Crippen LogP contribution in [0.3, 0.4) is 0 Å². The number of hydrogen-bond donors (Lipinski definition) is 1. The van der Waals surface area contributed by atoms with Crippen molar-refractivity contribution in [2.45, 2.75) is 32.2 Å². The van der Waals surface area contributed by atoms with Gasteiger partial charge in [-0.05, 0) is 12.8 Å². The van der Waals surface area contributed by atoms with Gasteiger partial charge in [0.1, 0.15) is 0 Å². The van der Waals surface area contributed by atoms with Gasteiger partial charge in [0.05, 0.1) is 6.04 Å². The van der Waals surface area contributed by atoms with Crippen LogP contribution in [0.2, 0.25) is 0 Å². The van der Waals surface area contributed by atoms with E-state index in [1.54, 1.807) is 0 Å². The lowest BCUT2D eigenvalue weighted by Gasteiger charge is -2.29. The van der Waals surface area contributed by atoms with Crippen molar-refractivity contribution >= 4 is 10.2 Å². The van der Waals surface area contributed by atoms with Gasteiger partial charge in [0, 0.05) is 13.1 Å². The van der Waals surface area contributed by atoms with Gasteiger partial charge in [-0.25, -0.2) is 0 Å². The molecule has 1 rings (SSSR count). The van der Waals surface area contributed by atoms with Crippen LogP contribution >= 0.6 is 0 Å². The van der Waals surface area contributed by atoms with E-state index < -0.39 is 10.2 Å². The molecule has 1 aliphatic heterocycles. The van der Waals surface area contributed by atoms with Crippen LogP contribution in [0.25, 0.3) is 0 Å². The van der Waals surface area contributed by atoms with Crippen LogP contribution < -0.4 is 4.72 Å². The quantitative estimate of drug-likeness (QED) is 0.691. The number of hydrogen-bond acceptors (Lipinski definition) is 2. The normalized spacial score (nSPS) is 27.0. The molecule has 0 aliphatic carbocycles. The predicted molar refractivity (Wildman–Crippen MR) is 55.8 cm³/mol. The van der Waals surface area contributed by atoms with E-state index in [0.29, 0.717) is 19.5 Å². The van der Waals surface area contributed by atoms with Crippen LogP contribution in [0.1, 0.15) is 26.2 Å². The lowest BCUT2D eigenvalue weighted by molar-refractivity contribution is 0.354. The first-order valence-electron chi connectivity index (χ1n) is 4.83. The summed E-state index contributed by atoms with van der Waals surface area (Å²) in [7, 11) is -3.32. The molecular formula is C9H16N2O2S. The maximum atomic E-state index is 11.6. The Balaban J connectivity index is 2.60. The van der Waals surface area contributed by atoms with E-state index in [1.165, 1.54) is 4.31 Å². The molecule has 1 aliphatic rings. The fourth-order valence-electron chi connectivity index (χ4n) is 1.39. The summed E-state index contributed by atoms with van der Waals surface area (Å²) >= 11 is 0. The van der Waals surface area contributed by atoms with Gasteiger partial charge in [0.25, 0.3) is 10.2 Å². The molecule has 14 heavy (non-hydrogen) atoms. The van der Waals surface area contributed by atoms with Crippen molar-refractivity contribution in [3.05, 3.63) is 0 Å². The molecule has 1 atom stereocenters. The molecular weight excluding hydrogens is 200 g/mol. The van der Waals surface area contributed by atoms with Crippen molar-refractivity contribution < 1.29 is 8.42 Å². The van der Waals surface area contributed by atoms with Gasteiger partial charge in [-0.1, -0.05) is 19.3 Å². The number of rotatable bonds is 3. The summed E-state index contributed by atoms with van der Waals surface area (Å²) < 4.78 is 27.1. The molecule has 1 heterocycles. The van der Waals surface area contributed by atoms with E-state index in [-0.39, 0.29) is 6.04 Å². The fourth-order valence-corrected chi connectivity index (χ4v) is 2.80. The SMILES string of the molecule is C#C[C@@H]1CCN(CCCC)S(=O)(=O)N1. The zero-order valence-corrected chi connectivity index (χ0v) is 9.18. The van der Waals surface area contributed by atoms with Crippen molar-refractivity contribution in [3.8, 4) is 12.3 Å². The first-order valence-corrected chi connectivity index (χ1v) is 6.27. The average Bonchev–Trinajstić information content (AvgIpc) is 2.15. The van der Waals surface area contributed by atoms with E-state index in [1.807, 2.05) is 6.92 Å². The first-order chi connectivity index (χ1) is 6.60. The van der Waals surface area contributed by atoms with Gasteiger partial charge in [-0.3, -0.25) is 0 Å². The number of unbranched alkanes of at least 4 members (excludes halogenated alkanes) is 1. The molecule has 0 amide bonds. The minimum Gasteiger partial charge on any atom is -0.195 e. The van der Waals surface area contributed by atoms with E-state index in [9.17, 15) is 8.42 Å². The molecule has 0 aromatic rings. The van der Waals surface area contributed by atoms with Gasteiger partial charge >= 0.3 is 0 Å². The van der Waals surface area contributed by atoms with Crippen LogP contribution in [0.15, 0.2) is 0 Å². The lowest BCUT2D eigenvalue weighted by atomic mass is 10.2. The predicted octanol–water partition coefficient (Wildman–Crippen LogP) is 0.328. The van der Waals surface area contributed by atoms with Crippen LogP contribution in [0.4, 0.5) is 0 Å². The smallest absolute Gasteiger partial charge is 0.195 e. The summed E-state index contributed by atoms with van der Waals surface area (Å²) in [6.45, 7) is 3.15. The maximum Gasteiger partial charge on any atom is 0.280 e. The summed E-state index contributed by atoms with van der Waals surface area (Å²) in [6, 6.07) is -0.335. The third-order valence-electron chi connectivity index (χ3n) is 2.26. The van der Waals surface area contributed by atoms with E-state index >= 15 is 0 Å². The maximum absolute atomic E-state index is 11.6. The van der Waals surface area contributed by atoms with Gasteiger partial charge in [-0.2, -0.15) is 17.4 Å². The molecule has 4 nitrogen and oxygen atoms in total. The van der Waals surface area contributed by atoms with Crippen molar-refractivity contribution in [2.24, 2.45) is 0 Å². The summed E-state index contributed by atoms with van der Waals surface area (Å²) in [5.74, 6) is 2.42. The van der Waals surface area contributed by atoms with Crippen molar-refractivity contribution in [1.29, 1.82) is 0 Å². The second-order valence-electron chi connectivity index (χ2n) is 3.38. The Morgan fingerprint density at radius 3 is 2.86 bits per heavy atom. The molecule has 1 saturated heterocycles. The largest absolute Gasteiger partial charge is 0.280 e. The van der Waals surface area contributed by atoms with E-state index in [4.69, 9.17) is 6.42 Å². The van der Waals surface area contributed by atoms with Crippen LogP contribution in [-0.2, 0) is 10.2 Å². The molecule has 0 aromatic carbocycles. The Kier molecular flexibility index (Phi) is 3.93. The monoisotopic (exact) mass is 216 g/mol. The summed E-state index contributed by atoms with van der Waals surface area (Å²) in [5, 5.41) is 0. The average molecular weight is 216 g/mol. The standard InChI is InChI=1S/C9H16N2O2S/c1-3-5-7-11-8-6-9(4-2)10-14(11,12)13/h2,9-10H,3,5-8H2,1H3/t9-/m1/s1. The molecule has 5 heteroatoms. The summed E-state index contributed by atoms with van der Waals surface area (Å²) in [6.07, 6.45) is 7.75. The topological polar surface area (TPSA) is 49.4 Å². The van der Waals surface area contributed by atoms with Gasteiger partial charge in [0.15, 0.2) is 0 Å². The molecule has 0 saturated carbocycles. The summed E-state index contributed by atoms with van der Waals surface area (Å²) in [4.78, 5) is 0. The lowest BCUT2D eigenvalue weighted by Crippen LogP contribution is -2.51. The first kappa shape index (κ1) is 11.5. The van der Waals surface area contributed by atoms with Gasteiger partial charge < -0.3 is 0 Å². The molecule has 0 spiro atoms. The Labute approximate surface area is 85.9 Å². The van der Waals surface area contributed by atoms with Gasteiger partial charge in [0.2, 0.25) is 0 Å². The van der Waals surface area contributed by atoms with Crippen LogP contribution in [0, 0.1) is 12.3 Å². The van der Waals surface area contributed by atoms with E-state index in [0.717, 1.165) is 12.8 Å². The second-order valence-corrected chi connectivity index (χ2v) is 5.09. The van der Waals surface area contributed by atoms with Crippen molar-refractivity contribution in [3.63, 3.8) is 0 Å². The van der Waals surface area contributed by atoms with Crippen molar-refractivity contribution in [2.75, 3.05) is 13.1 Å². The number of nitrogens with one attached hydrogen (secondary N) is 1. The Bertz CT molecular complexity index is 318. The van der Waals surface area contributed by atoms with E-state index in [2.05, 4.69) is 10.6 Å². The highest BCUT2D eigenvalue weighted by Crippen LogP contribution is 2.11. The number of nitrogens with zero attached hydrogens (tertiary/aromatic N) is 1. The molecule has 0 aromatic heterocycles. The Hall–Kier alpha value is -0.570. The molecule has 1 N–H and O–H groups in total. The number of terminal acetylenes is 1. The van der Waals surface area contributed by atoms with Crippen LogP contribution in [-0.4, -0.2) is 31.9 Å². The minimum atomic E-state index is -3.32. The zero-order valence-electron chi connectivity index (χ0n) is 8.36. The molecule has 0 unspecified atom stereocenters. The molecule has 0 radical (unpaired) electrons. The van der Waals surface area contributed by atoms with Crippen molar-refractivity contribution in [1.82, 2.24) is 9.03 Å². The minimum absolute atomic E-state index is 0.335. The third-order valence-corrected chi connectivity index (χ3v) is 3.89. The molecule has 0 bridgehead atoms. The Morgan fingerprint density at radius 1 is 1.64 bits per heavy atom. The summed E-state index contributed by atoms with van der Waals surface area (Å²) in [5.41, 5.74) is 0. The molecule has 1 fully saturated rings. The highest BCUT2D eigenvalue weighted by atomic mass is 32.2. The second kappa shape index (κ2) is 4.78. The van der Waals surface area contributed by atoms with Gasteiger partial charge in [-0.15, -0.1) is 6.42 Å². The highest BCUT2D eigenvalue weighted by Gasteiger charge is 2.29. The zero-order chi connectivity index (χ0) is 10.6. The molecule has 80 valence electrons. The third kappa shape index (κ3) is 2.71.